The van der Waals surface area contributed by atoms with Crippen molar-refractivity contribution < 1.29 is 19.4 Å². The number of pyridine rings is 1. The molecular formula is C22H26N2O4. The number of rotatable bonds is 10. The highest BCUT2D eigenvalue weighted by molar-refractivity contribution is 5.90. The second-order valence-corrected chi connectivity index (χ2v) is 7.26. The van der Waals surface area contributed by atoms with Crippen molar-refractivity contribution in [3.05, 3.63) is 54.2 Å². The number of ketones is 1. The first-order chi connectivity index (χ1) is 13.6. The molecule has 0 spiro atoms. The normalized spacial score (nSPS) is 18.8. The van der Waals surface area contributed by atoms with Crippen molar-refractivity contribution in [1.82, 2.24) is 4.98 Å². The molecule has 0 amide bonds. The summed E-state index contributed by atoms with van der Waals surface area (Å²) in [6.07, 6.45) is 4.95. The number of benzene rings is 1. The molecule has 0 aliphatic heterocycles. The van der Waals surface area contributed by atoms with Gasteiger partial charge in [-0.1, -0.05) is 18.2 Å². The predicted octanol–water partition coefficient (Wildman–Crippen LogP) is 3.72. The Bertz CT molecular complexity index is 792. The van der Waals surface area contributed by atoms with Crippen molar-refractivity contribution in [2.45, 2.75) is 38.5 Å². The average Bonchev–Trinajstić information content (AvgIpc) is 3.05. The van der Waals surface area contributed by atoms with Gasteiger partial charge in [0.25, 0.3) is 0 Å². The standard InChI is InChI=1S/C22H26N2O4/c25-19-4-3-11-22(19,16-21(26)27)12-10-17-6-8-18(9-7-17)28-15-14-24-20-5-1-2-13-23-20/h1-2,5-9,13H,3-4,10-12,14-16H2,(H,23,24)(H,26,27). The quantitative estimate of drug-likeness (QED) is 0.609. The van der Waals surface area contributed by atoms with E-state index >= 15 is 0 Å². The second-order valence-electron chi connectivity index (χ2n) is 7.26. The van der Waals surface area contributed by atoms with Crippen LogP contribution in [0.3, 0.4) is 0 Å². The smallest absolute Gasteiger partial charge is 0.304 e. The third-order valence-electron chi connectivity index (χ3n) is 5.30. The van der Waals surface area contributed by atoms with Gasteiger partial charge in [-0.25, -0.2) is 4.98 Å². The Labute approximate surface area is 164 Å². The van der Waals surface area contributed by atoms with E-state index in [0.717, 1.165) is 23.6 Å². The number of aliphatic carboxylic acids is 1. The lowest BCUT2D eigenvalue weighted by atomic mass is 9.77. The Morgan fingerprint density at radius 3 is 2.68 bits per heavy atom. The molecule has 1 saturated carbocycles. The first-order valence-corrected chi connectivity index (χ1v) is 9.69. The summed E-state index contributed by atoms with van der Waals surface area (Å²) in [6, 6.07) is 13.5. The van der Waals surface area contributed by atoms with E-state index in [1.165, 1.54) is 0 Å². The van der Waals surface area contributed by atoms with Crippen molar-refractivity contribution in [3.8, 4) is 5.75 Å². The number of carboxylic acid groups (broad SMARTS) is 1. The van der Waals surface area contributed by atoms with Gasteiger partial charge in [0, 0.05) is 18.0 Å². The number of nitrogens with one attached hydrogen (secondary N) is 1. The van der Waals surface area contributed by atoms with E-state index in [-0.39, 0.29) is 12.2 Å². The Morgan fingerprint density at radius 2 is 2.04 bits per heavy atom. The van der Waals surface area contributed by atoms with Gasteiger partial charge in [0.15, 0.2) is 0 Å². The summed E-state index contributed by atoms with van der Waals surface area (Å²) < 4.78 is 5.73. The molecule has 0 radical (unpaired) electrons. The molecule has 0 saturated heterocycles. The lowest BCUT2D eigenvalue weighted by molar-refractivity contribution is -0.143. The molecule has 3 rings (SSSR count). The van der Waals surface area contributed by atoms with Crippen LogP contribution in [0.25, 0.3) is 0 Å². The van der Waals surface area contributed by atoms with E-state index < -0.39 is 11.4 Å². The second kappa shape index (κ2) is 9.35. The molecule has 6 heteroatoms. The number of aryl methyl sites for hydroxylation is 1. The van der Waals surface area contributed by atoms with Gasteiger partial charge < -0.3 is 15.2 Å². The fourth-order valence-electron chi connectivity index (χ4n) is 3.77. The van der Waals surface area contributed by atoms with E-state index in [2.05, 4.69) is 10.3 Å². The van der Waals surface area contributed by atoms with Crippen LogP contribution in [0.5, 0.6) is 5.75 Å². The number of carboxylic acids is 1. The van der Waals surface area contributed by atoms with E-state index in [9.17, 15) is 14.7 Å². The summed E-state index contributed by atoms with van der Waals surface area (Å²) in [7, 11) is 0. The molecule has 0 bridgehead atoms. The molecule has 1 aromatic carbocycles. The lowest BCUT2D eigenvalue weighted by Crippen LogP contribution is -2.29. The number of hydrogen-bond donors (Lipinski definition) is 2. The van der Waals surface area contributed by atoms with E-state index in [1.807, 2.05) is 42.5 Å². The molecule has 2 aromatic rings. The molecule has 1 fully saturated rings. The topological polar surface area (TPSA) is 88.5 Å². The number of carbonyl (C=O) groups is 2. The van der Waals surface area contributed by atoms with Crippen molar-refractivity contribution in [1.29, 1.82) is 0 Å². The zero-order valence-electron chi connectivity index (χ0n) is 15.9. The Kier molecular flexibility index (Phi) is 6.63. The van der Waals surface area contributed by atoms with Crippen molar-refractivity contribution in [2.75, 3.05) is 18.5 Å². The Morgan fingerprint density at radius 1 is 1.21 bits per heavy atom. The minimum Gasteiger partial charge on any atom is -0.492 e. The number of hydrogen-bond acceptors (Lipinski definition) is 5. The average molecular weight is 382 g/mol. The molecule has 28 heavy (non-hydrogen) atoms. The van der Waals surface area contributed by atoms with E-state index in [1.54, 1.807) is 6.20 Å². The minimum atomic E-state index is -0.890. The number of anilines is 1. The maximum absolute atomic E-state index is 12.3. The summed E-state index contributed by atoms with van der Waals surface area (Å²) in [6.45, 7) is 1.17. The number of ether oxygens (including phenoxy) is 1. The van der Waals surface area contributed by atoms with Gasteiger partial charge in [-0.15, -0.1) is 0 Å². The summed E-state index contributed by atoms with van der Waals surface area (Å²) in [5.74, 6) is 0.815. The van der Waals surface area contributed by atoms with Gasteiger partial charge in [-0.2, -0.15) is 0 Å². The zero-order valence-corrected chi connectivity index (χ0v) is 15.9. The monoisotopic (exact) mass is 382 g/mol. The van der Waals surface area contributed by atoms with Crippen LogP contribution in [0, 0.1) is 5.41 Å². The van der Waals surface area contributed by atoms with Crippen LogP contribution in [0.4, 0.5) is 5.82 Å². The van der Waals surface area contributed by atoms with Crippen LogP contribution in [0.15, 0.2) is 48.7 Å². The van der Waals surface area contributed by atoms with Crippen molar-refractivity contribution in [2.24, 2.45) is 5.41 Å². The molecule has 1 aliphatic carbocycles. The lowest BCUT2D eigenvalue weighted by Gasteiger charge is -2.25. The van der Waals surface area contributed by atoms with Crippen LogP contribution < -0.4 is 10.1 Å². The molecule has 1 heterocycles. The summed E-state index contributed by atoms with van der Waals surface area (Å²) in [4.78, 5) is 27.7. The summed E-state index contributed by atoms with van der Waals surface area (Å²) >= 11 is 0. The number of aromatic nitrogens is 1. The summed E-state index contributed by atoms with van der Waals surface area (Å²) in [5.41, 5.74) is 0.404. The molecule has 1 unspecified atom stereocenters. The fraction of sp³-hybridized carbons (Fsp3) is 0.409. The number of carbonyl (C=O) groups excluding carboxylic acids is 1. The third kappa shape index (κ3) is 5.31. The Hall–Kier alpha value is -2.89. The minimum absolute atomic E-state index is 0.0592. The molecule has 1 aliphatic rings. The summed E-state index contributed by atoms with van der Waals surface area (Å²) in [5, 5.41) is 12.4. The molecule has 1 aromatic heterocycles. The van der Waals surface area contributed by atoms with E-state index in [0.29, 0.717) is 38.8 Å². The predicted molar refractivity (Wildman–Crippen MR) is 107 cm³/mol. The van der Waals surface area contributed by atoms with Gasteiger partial charge in [-0.3, -0.25) is 9.59 Å². The zero-order chi connectivity index (χ0) is 19.8. The number of nitrogens with zero attached hydrogens (tertiary/aromatic N) is 1. The highest BCUT2D eigenvalue weighted by atomic mass is 16.5. The molecule has 1 atom stereocenters. The van der Waals surface area contributed by atoms with Crippen molar-refractivity contribution >= 4 is 17.6 Å². The highest BCUT2D eigenvalue weighted by Crippen LogP contribution is 2.42. The maximum Gasteiger partial charge on any atom is 0.304 e. The molecular weight excluding hydrogens is 356 g/mol. The maximum atomic E-state index is 12.3. The van der Waals surface area contributed by atoms with Crippen LogP contribution >= 0.6 is 0 Å². The molecule has 6 nitrogen and oxygen atoms in total. The highest BCUT2D eigenvalue weighted by Gasteiger charge is 2.42. The third-order valence-corrected chi connectivity index (χ3v) is 5.30. The van der Waals surface area contributed by atoms with Crippen LogP contribution in [-0.2, 0) is 16.0 Å². The largest absolute Gasteiger partial charge is 0.492 e. The Balaban J connectivity index is 1.46. The first-order valence-electron chi connectivity index (χ1n) is 9.69. The van der Waals surface area contributed by atoms with Crippen LogP contribution in [-0.4, -0.2) is 35.0 Å². The molecule has 2 N–H and O–H groups in total. The van der Waals surface area contributed by atoms with Gasteiger partial charge in [0.1, 0.15) is 24.0 Å². The van der Waals surface area contributed by atoms with E-state index in [4.69, 9.17) is 4.74 Å². The van der Waals surface area contributed by atoms with Crippen molar-refractivity contribution in [3.63, 3.8) is 0 Å². The van der Waals surface area contributed by atoms with Gasteiger partial charge in [-0.05, 0) is 55.5 Å². The van der Waals surface area contributed by atoms with Gasteiger partial charge >= 0.3 is 5.97 Å². The van der Waals surface area contributed by atoms with Gasteiger partial charge in [0.2, 0.25) is 0 Å². The first kappa shape index (κ1) is 19.9. The molecule has 148 valence electrons. The van der Waals surface area contributed by atoms with Gasteiger partial charge in [0.05, 0.1) is 13.0 Å². The number of Topliss-reactive ketones (excluding diaryl/α,β-unsaturated/α-hetero) is 1. The van der Waals surface area contributed by atoms with Crippen LogP contribution in [0.1, 0.15) is 37.7 Å². The fourth-order valence-corrected chi connectivity index (χ4v) is 3.77. The van der Waals surface area contributed by atoms with Crippen LogP contribution in [0.2, 0.25) is 0 Å². The SMILES string of the molecule is O=C(O)CC1(CCc2ccc(OCCNc3ccccn3)cc2)CCCC1=O.